The summed E-state index contributed by atoms with van der Waals surface area (Å²) in [5.74, 6) is 6.30. The summed E-state index contributed by atoms with van der Waals surface area (Å²) in [5, 5.41) is 1.16. The number of nitrogens with two attached hydrogens (primary N) is 1. The number of nitrogens with one attached hydrogen (secondary N) is 1. The zero-order valence-corrected chi connectivity index (χ0v) is 11.7. The Hall–Kier alpha value is -2.23. The molecule has 21 heavy (non-hydrogen) atoms. The van der Waals surface area contributed by atoms with E-state index in [0.717, 1.165) is 17.3 Å². The van der Waals surface area contributed by atoms with Crippen LogP contribution in [-0.4, -0.2) is 4.98 Å². The Morgan fingerprint density at radius 3 is 2.86 bits per heavy atom. The largest absolute Gasteiger partial charge is 0.271 e. The molecule has 2 unspecified atom stereocenters. The Kier molecular flexibility index (Phi) is 2.95. The standard InChI is InChI=1S/C18H17N3/c19-21-18(16-11-12-4-1-2-6-15(12)16)14-7-8-17-13(10-14)5-3-9-20-17/h1-10,16,18,21H,11,19H2. The minimum atomic E-state index is 0.143. The molecule has 4 rings (SSSR count). The highest BCUT2D eigenvalue weighted by Gasteiger charge is 2.33. The van der Waals surface area contributed by atoms with E-state index in [1.807, 2.05) is 12.3 Å². The summed E-state index contributed by atoms with van der Waals surface area (Å²) in [5.41, 5.74) is 8.09. The number of hydrogen-bond donors (Lipinski definition) is 2. The van der Waals surface area contributed by atoms with Crippen molar-refractivity contribution in [1.29, 1.82) is 0 Å². The van der Waals surface area contributed by atoms with Gasteiger partial charge in [-0.2, -0.15) is 0 Å². The van der Waals surface area contributed by atoms with E-state index >= 15 is 0 Å². The quantitative estimate of drug-likeness (QED) is 0.570. The summed E-state index contributed by atoms with van der Waals surface area (Å²) in [6, 6.07) is 19.2. The molecule has 1 heterocycles. The average molecular weight is 275 g/mol. The van der Waals surface area contributed by atoms with Gasteiger partial charge in [0.05, 0.1) is 11.6 Å². The molecule has 3 N–H and O–H groups in total. The Balaban J connectivity index is 1.72. The highest BCUT2D eigenvalue weighted by Crippen LogP contribution is 2.43. The van der Waals surface area contributed by atoms with Crippen LogP contribution >= 0.6 is 0 Å². The van der Waals surface area contributed by atoms with Crippen LogP contribution in [0.25, 0.3) is 10.9 Å². The molecule has 1 aromatic heterocycles. The number of pyridine rings is 1. The fourth-order valence-corrected chi connectivity index (χ4v) is 3.33. The fraction of sp³-hybridized carbons (Fsp3) is 0.167. The highest BCUT2D eigenvalue weighted by molar-refractivity contribution is 5.79. The van der Waals surface area contributed by atoms with Gasteiger partial charge in [-0.15, -0.1) is 0 Å². The zero-order valence-electron chi connectivity index (χ0n) is 11.7. The van der Waals surface area contributed by atoms with Crippen molar-refractivity contribution in [3.8, 4) is 0 Å². The maximum Gasteiger partial charge on any atom is 0.0702 e. The van der Waals surface area contributed by atoms with Gasteiger partial charge in [-0.25, -0.2) is 0 Å². The lowest BCUT2D eigenvalue weighted by Crippen LogP contribution is -2.37. The summed E-state index contributed by atoms with van der Waals surface area (Å²) < 4.78 is 0. The van der Waals surface area contributed by atoms with Crippen molar-refractivity contribution in [3.63, 3.8) is 0 Å². The number of hydrogen-bond acceptors (Lipinski definition) is 3. The van der Waals surface area contributed by atoms with Gasteiger partial charge in [0.25, 0.3) is 0 Å². The van der Waals surface area contributed by atoms with Crippen LogP contribution in [0, 0.1) is 0 Å². The normalized spacial score (nSPS) is 18.0. The Morgan fingerprint density at radius 2 is 2.00 bits per heavy atom. The number of nitrogens with zero attached hydrogens (tertiary/aromatic N) is 1. The third kappa shape index (κ3) is 2.02. The van der Waals surface area contributed by atoms with Crippen LogP contribution in [0.2, 0.25) is 0 Å². The minimum Gasteiger partial charge on any atom is -0.271 e. The summed E-state index contributed by atoms with van der Waals surface area (Å²) in [6.07, 6.45) is 2.90. The lowest BCUT2D eigenvalue weighted by molar-refractivity contribution is 0.419. The van der Waals surface area contributed by atoms with E-state index in [0.29, 0.717) is 5.92 Å². The van der Waals surface area contributed by atoms with Crippen molar-refractivity contribution in [3.05, 3.63) is 77.5 Å². The second-order valence-corrected chi connectivity index (χ2v) is 5.61. The number of aromatic nitrogens is 1. The van der Waals surface area contributed by atoms with E-state index in [-0.39, 0.29) is 6.04 Å². The lowest BCUT2D eigenvalue weighted by atomic mass is 9.72. The van der Waals surface area contributed by atoms with E-state index in [1.54, 1.807) is 0 Å². The van der Waals surface area contributed by atoms with Gasteiger partial charge in [-0.1, -0.05) is 36.4 Å². The van der Waals surface area contributed by atoms with Gasteiger partial charge in [-0.05, 0) is 41.3 Å². The molecule has 0 saturated heterocycles. The number of benzene rings is 2. The Labute approximate surface area is 123 Å². The van der Waals surface area contributed by atoms with Gasteiger partial charge in [0.15, 0.2) is 0 Å². The minimum absolute atomic E-state index is 0.143. The number of rotatable bonds is 3. The molecule has 2 aromatic carbocycles. The Morgan fingerprint density at radius 1 is 1.10 bits per heavy atom. The first-order chi connectivity index (χ1) is 10.4. The van der Waals surface area contributed by atoms with Crippen LogP contribution in [0.3, 0.4) is 0 Å². The molecule has 0 radical (unpaired) electrons. The average Bonchev–Trinajstić information content (AvgIpc) is 2.52. The number of fused-ring (bicyclic) bond motifs is 2. The first kappa shape index (κ1) is 12.5. The molecular formula is C18H17N3. The highest BCUT2D eigenvalue weighted by atomic mass is 15.2. The molecule has 1 aliphatic carbocycles. The first-order valence-electron chi connectivity index (χ1n) is 7.25. The van der Waals surface area contributed by atoms with Gasteiger partial charge >= 0.3 is 0 Å². The molecule has 3 heteroatoms. The maximum absolute atomic E-state index is 5.85. The van der Waals surface area contributed by atoms with Crippen molar-refractivity contribution >= 4 is 10.9 Å². The maximum atomic E-state index is 5.85. The molecule has 2 atom stereocenters. The van der Waals surface area contributed by atoms with Crippen molar-refractivity contribution in [2.75, 3.05) is 0 Å². The van der Waals surface area contributed by atoms with Crippen LogP contribution in [0.1, 0.15) is 28.7 Å². The molecule has 0 aliphatic heterocycles. The van der Waals surface area contributed by atoms with Gasteiger partial charge < -0.3 is 0 Å². The molecular weight excluding hydrogens is 258 g/mol. The van der Waals surface area contributed by atoms with Crippen molar-refractivity contribution in [1.82, 2.24) is 10.4 Å². The van der Waals surface area contributed by atoms with E-state index < -0.39 is 0 Å². The summed E-state index contributed by atoms with van der Waals surface area (Å²) in [6.45, 7) is 0. The van der Waals surface area contributed by atoms with Gasteiger partial charge in [0, 0.05) is 17.5 Å². The van der Waals surface area contributed by atoms with Crippen molar-refractivity contribution < 1.29 is 0 Å². The molecule has 0 fully saturated rings. The molecule has 104 valence electrons. The molecule has 0 amide bonds. The molecule has 3 aromatic rings. The van der Waals surface area contributed by atoms with Crippen LogP contribution in [-0.2, 0) is 6.42 Å². The van der Waals surface area contributed by atoms with Crippen LogP contribution in [0.5, 0.6) is 0 Å². The predicted molar refractivity (Wildman–Crippen MR) is 84.7 cm³/mol. The third-order valence-corrected chi connectivity index (χ3v) is 4.46. The van der Waals surface area contributed by atoms with E-state index in [4.69, 9.17) is 5.84 Å². The molecule has 0 saturated carbocycles. The van der Waals surface area contributed by atoms with Crippen molar-refractivity contribution in [2.24, 2.45) is 5.84 Å². The lowest BCUT2D eigenvalue weighted by Gasteiger charge is -2.36. The zero-order chi connectivity index (χ0) is 14.2. The second kappa shape index (κ2) is 4.95. The Bertz CT molecular complexity index is 797. The SMILES string of the molecule is NNC(c1ccc2ncccc2c1)C1Cc2ccccc21. The van der Waals surface area contributed by atoms with E-state index in [9.17, 15) is 0 Å². The third-order valence-electron chi connectivity index (χ3n) is 4.46. The van der Waals surface area contributed by atoms with Gasteiger partial charge in [-0.3, -0.25) is 16.3 Å². The summed E-state index contributed by atoms with van der Waals surface area (Å²) >= 11 is 0. The predicted octanol–water partition coefficient (Wildman–Crippen LogP) is 3.08. The van der Waals surface area contributed by atoms with Crippen molar-refractivity contribution in [2.45, 2.75) is 18.4 Å². The summed E-state index contributed by atoms with van der Waals surface area (Å²) in [4.78, 5) is 4.37. The van der Waals surface area contributed by atoms with E-state index in [2.05, 4.69) is 58.9 Å². The fourth-order valence-electron chi connectivity index (χ4n) is 3.33. The van der Waals surface area contributed by atoms with Crippen LogP contribution in [0.15, 0.2) is 60.8 Å². The monoisotopic (exact) mass is 275 g/mol. The first-order valence-corrected chi connectivity index (χ1v) is 7.25. The molecule has 1 aliphatic rings. The topological polar surface area (TPSA) is 50.9 Å². The molecule has 3 nitrogen and oxygen atoms in total. The summed E-state index contributed by atoms with van der Waals surface area (Å²) in [7, 11) is 0. The number of hydrazine groups is 1. The second-order valence-electron chi connectivity index (χ2n) is 5.61. The molecule has 0 spiro atoms. The van der Waals surface area contributed by atoms with E-state index in [1.165, 1.54) is 16.7 Å². The van der Waals surface area contributed by atoms with Crippen LogP contribution < -0.4 is 11.3 Å². The van der Waals surface area contributed by atoms with Gasteiger partial charge in [0.2, 0.25) is 0 Å². The van der Waals surface area contributed by atoms with Gasteiger partial charge in [0.1, 0.15) is 0 Å². The smallest absolute Gasteiger partial charge is 0.0702 e. The van der Waals surface area contributed by atoms with Crippen LogP contribution in [0.4, 0.5) is 0 Å². The molecule has 0 bridgehead atoms.